The number of halogens is 1. The Kier molecular flexibility index (Phi) is 17.5. The Labute approximate surface area is 198 Å². The molecule has 0 saturated carbocycles. The van der Waals surface area contributed by atoms with Gasteiger partial charge in [0.05, 0.1) is 19.8 Å². The monoisotopic (exact) mass is 535 g/mol. The summed E-state index contributed by atoms with van der Waals surface area (Å²) in [5, 5.41) is 9.47. The van der Waals surface area contributed by atoms with Crippen LogP contribution in [0.4, 0.5) is 0 Å². The molecule has 1 rings (SSSR count). The lowest BCUT2D eigenvalue weighted by Crippen LogP contribution is -2.38. The van der Waals surface area contributed by atoms with Crippen LogP contribution in [0.3, 0.4) is 0 Å². The van der Waals surface area contributed by atoms with Crippen LogP contribution in [0.2, 0.25) is 0 Å². The molecular weight excluding hydrogens is 497 g/mol. The largest absolute Gasteiger partial charge is 0.382 e. The molecule has 172 valence electrons. The smallest absolute Gasteiger partial charge is 0.251 e. The van der Waals surface area contributed by atoms with Crippen molar-refractivity contribution in [2.75, 3.05) is 67.2 Å². The summed E-state index contributed by atoms with van der Waals surface area (Å²) >= 11 is 0. The predicted molar refractivity (Wildman–Crippen MR) is 133 cm³/mol. The molecule has 0 unspecified atom stereocenters. The number of carbonyl (C=O) groups excluding carboxylic acids is 1. The molecule has 30 heavy (non-hydrogen) atoms. The molecule has 8 nitrogen and oxygen atoms in total. The van der Waals surface area contributed by atoms with Crippen LogP contribution in [0.25, 0.3) is 0 Å². The van der Waals surface area contributed by atoms with Crippen LogP contribution in [0.5, 0.6) is 0 Å². The average molecular weight is 535 g/mol. The molecule has 3 N–H and O–H groups in total. The third-order valence-electron chi connectivity index (χ3n) is 3.99. The molecule has 0 radical (unpaired) electrons. The molecule has 0 fully saturated rings. The maximum atomic E-state index is 12.3. The highest BCUT2D eigenvalue weighted by atomic mass is 127. The van der Waals surface area contributed by atoms with Gasteiger partial charge in [0.1, 0.15) is 0 Å². The Morgan fingerprint density at radius 1 is 1.10 bits per heavy atom. The van der Waals surface area contributed by atoms with Crippen LogP contribution in [0.1, 0.15) is 29.3 Å². The number of aliphatic imine (C=N–C) groups is 1. The Morgan fingerprint density at radius 3 is 2.60 bits per heavy atom. The van der Waals surface area contributed by atoms with Gasteiger partial charge in [0.2, 0.25) is 0 Å². The van der Waals surface area contributed by atoms with E-state index in [0.29, 0.717) is 38.5 Å². The van der Waals surface area contributed by atoms with E-state index in [1.165, 1.54) is 0 Å². The van der Waals surface area contributed by atoms with E-state index in [0.717, 1.165) is 37.6 Å². The number of benzene rings is 1. The summed E-state index contributed by atoms with van der Waals surface area (Å²) in [6, 6.07) is 7.59. The lowest BCUT2D eigenvalue weighted by atomic mass is 10.1. The van der Waals surface area contributed by atoms with Crippen molar-refractivity contribution in [3.63, 3.8) is 0 Å². The van der Waals surface area contributed by atoms with E-state index in [-0.39, 0.29) is 29.9 Å². The molecule has 0 aromatic heterocycles. The maximum Gasteiger partial charge on any atom is 0.251 e. The van der Waals surface area contributed by atoms with Crippen LogP contribution < -0.4 is 16.0 Å². The summed E-state index contributed by atoms with van der Waals surface area (Å²) in [5.41, 5.74) is 1.65. The van der Waals surface area contributed by atoms with Gasteiger partial charge >= 0.3 is 0 Å². The quantitative estimate of drug-likeness (QED) is 0.146. The van der Waals surface area contributed by atoms with Crippen LogP contribution in [0, 0.1) is 0 Å². The van der Waals surface area contributed by atoms with Gasteiger partial charge in [0.15, 0.2) is 5.96 Å². The molecule has 0 saturated heterocycles. The first kappa shape index (κ1) is 28.6. The van der Waals surface area contributed by atoms with Crippen molar-refractivity contribution < 1.29 is 14.3 Å². The highest BCUT2D eigenvalue weighted by Crippen LogP contribution is 2.07. The Hall–Kier alpha value is -1.43. The molecule has 1 aromatic carbocycles. The highest BCUT2D eigenvalue weighted by molar-refractivity contribution is 14.0. The van der Waals surface area contributed by atoms with Crippen molar-refractivity contribution in [1.29, 1.82) is 0 Å². The average Bonchev–Trinajstić information content (AvgIpc) is 2.71. The molecule has 9 heteroatoms. The van der Waals surface area contributed by atoms with E-state index in [1.54, 1.807) is 7.11 Å². The number of amides is 1. The normalized spacial score (nSPS) is 11.2. The van der Waals surface area contributed by atoms with Crippen molar-refractivity contribution in [1.82, 2.24) is 20.9 Å². The minimum Gasteiger partial charge on any atom is -0.382 e. The third kappa shape index (κ3) is 13.7. The van der Waals surface area contributed by atoms with Crippen molar-refractivity contribution >= 4 is 35.8 Å². The first-order valence-electron chi connectivity index (χ1n) is 10.2. The van der Waals surface area contributed by atoms with Crippen LogP contribution in [0.15, 0.2) is 29.3 Å². The summed E-state index contributed by atoms with van der Waals surface area (Å²) in [5.74, 6) is 0.696. The molecule has 0 bridgehead atoms. The number of carbonyl (C=O) groups is 1. The second-order valence-electron chi connectivity index (χ2n) is 6.84. The summed E-state index contributed by atoms with van der Waals surface area (Å²) in [6.07, 6.45) is 0.886. The third-order valence-corrected chi connectivity index (χ3v) is 3.99. The van der Waals surface area contributed by atoms with Crippen LogP contribution in [-0.2, 0) is 16.0 Å². The molecule has 0 aliphatic rings. The number of methoxy groups -OCH3 is 1. The van der Waals surface area contributed by atoms with Crippen molar-refractivity contribution in [3.05, 3.63) is 35.4 Å². The molecule has 0 heterocycles. The van der Waals surface area contributed by atoms with E-state index >= 15 is 0 Å². The van der Waals surface area contributed by atoms with Gasteiger partial charge in [-0.05, 0) is 45.1 Å². The zero-order valence-electron chi connectivity index (χ0n) is 18.7. The number of likely N-dealkylation sites (N-methyl/N-ethyl adjacent to an activating group) is 1. The van der Waals surface area contributed by atoms with E-state index in [4.69, 9.17) is 9.47 Å². The van der Waals surface area contributed by atoms with Gasteiger partial charge in [-0.3, -0.25) is 4.79 Å². The molecule has 0 aliphatic carbocycles. The second-order valence-corrected chi connectivity index (χ2v) is 6.84. The number of ether oxygens (including phenoxy) is 2. The first-order valence-corrected chi connectivity index (χ1v) is 10.2. The fraction of sp³-hybridized carbons (Fsp3) is 0.619. The van der Waals surface area contributed by atoms with Gasteiger partial charge in [-0.1, -0.05) is 12.1 Å². The zero-order chi connectivity index (χ0) is 21.3. The number of hydrogen-bond donors (Lipinski definition) is 3. The minimum absolute atomic E-state index is 0. The minimum atomic E-state index is -0.0591. The summed E-state index contributed by atoms with van der Waals surface area (Å²) in [4.78, 5) is 18.9. The molecular formula is C21H38IN5O3. The van der Waals surface area contributed by atoms with Gasteiger partial charge in [0.25, 0.3) is 5.91 Å². The van der Waals surface area contributed by atoms with Gasteiger partial charge in [-0.25, -0.2) is 4.99 Å². The number of nitrogens with zero attached hydrogens (tertiary/aromatic N) is 2. The van der Waals surface area contributed by atoms with Gasteiger partial charge in [-0.15, -0.1) is 24.0 Å². The fourth-order valence-corrected chi connectivity index (χ4v) is 2.44. The molecule has 1 aromatic rings. The molecule has 1 amide bonds. The van der Waals surface area contributed by atoms with Gasteiger partial charge < -0.3 is 30.3 Å². The SMILES string of the molecule is CCNC(=NCc1cccc(C(=O)NCCN(C)C)c1)NCCCOCCOC.I. The van der Waals surface area contributed by atoms with E-state index < -0.39 is 0 Å². The predicted octanol–water partition coefficient (Wildman–Crippen LogP) is 1.70. The van der Waals surface area contributed by atoms with Crippen LogP contribution in [-0.4, -0.2) is 84.0 Å². The number of rotatable bonds is 14. The highest BCUT2D eigenvalue weighted by Gasteiger charge is 2.06. The maximum absolute atomic E-state index is 12.3. The molecule has 0 atom stereocenters. The summed E-state index contributed by atoms with van der Waals surface area (Å²) < 4.78 is 10.4. The standard InChI is InChI=1S/C21H37N5O3.HI/c1-5-22-21(24-10-7-13-29-15-14-28-4)25-17-18-8-6-9-19(16-18)20(27)23-11-12-26(2)3;/h6,8-9,16H,5,7,10-15,17H2,1-4H3,(H,23,27)(H2,22,24,25);1H. The van der Waals surface area contributed by atoms with Crippen molar-refractivity contribution in [2.24, 2.45) is 4.99 Å². The van der Waals surface area contributed by atoms with E-state index in [1.807, 2.05) is 50.2 Å². The Morgan fingerprint density at radius 2 is 1.90 bits per heavy atom. The van der Waals surface area contributed by atoms with Gasteiger partial charge in [-0.2, -0.15) is 0 Å². The van der Waals surface area contributed by atoms with Gasteiger partial charge in [0, 0.05) is 45.5 Å². The van der Waals surface area contributed by atoms with Crippen molar-refractivity contribution in [3.8, 4) is 0 Å². The topological polar surface area (TPSA) is 87.2 Å². The lowest BCUT2D eigenvalue weighted by molar-refractivity contribution is 0.0698. The Bertz CT molecular complexity index is 614. The fourth-order valence-electron chi connectivity index (χ4n) is 2.44. The number of nitrogens with one attached hydrogen (secondary N) is 3. The van der Waals surface area contributed by atoms with Crippen molar-refractivity contribution in [2.45, 2.75) is 19.9 Å². The van der Waals surface area contributed by atoms with E-state index in [9.17, 15) is 4.79 Å². The lowest BCUT2D eigenvalue weighted by Gasteiger charge is -2.12. The number of guanidine groups is 1. The molecule has 0 spiro atoms. The second kappa shape index (κ2) is 18.3. The van der Waals surface area contributed by atoms with Crippen LogP contribution >= 0.6 is 24.0 Å². The summed E-state index contributed by atoms with van der Waals surface area (Å²) in [6.45, 7) is 7.43. The van der Waals surface area contributed by atoms with E-state index in [2.05, 4.69) is 20.9 Å². The summed E-state index contributed by atoms with van der Waals surface area (Å²) in [7, 11) is 5.63. The number of hydrogen-bond acceptors (Lipinski definition) is 5. The Balaban J connectivity index is 0.00000841. The first-order chi connectivity index (χ1) is 14.1. The zero-order valence-corrected chi connectivity index (χ0v) is 21.0. The molecule has 0 aliphatic heterocycles.